The summed E-state index contributed by atoms with van der Waals surface area (Å²) in [6.07, 6.45) is 8.49. The predicted molar refractivity (Wildman–Crippen MR) is 92.0 cm³/mol. The highest BCUT2D eigenvalue weighted by atomic mass is 14.6. The zero-order valence-corrected chi connectivity index (χ0v) is 14.7. The number of hydrogen-bond donors (Lipinski definition) is 0. The fourth-order valence-corrected chi connectivity index (χ4v) is 6.12. The van der Waals surface area contributed by atoms with Crippen LogP contribution in [0.3, 0.4) is 0 Å². The molecular weight excluding hydrogens is 266 g/mol. The van der Waals surface area contributed by atoms with E-state index in [2.05, 4.69) is 46.4 Å². The molecule has 3 fully saturated rings. The lowest BCUT2D eigenvalue weighted by Gasteiger charge is -2.58. The van der Waals surface area contributed by atoms with Gasteiger partial charge in [-0.05, 0) is 88.4 Å². The fraction of sp³-hybridized carbons (Fsp3) is 0.762. The Bertz CT molecular complexity index is 533. The van der Waals surface area contributed by atoms with Gasteiger partial charge in [0.05, 0.1) is 11.5 Å². The average molecular weight is 297 g/mol. The van der Waals surface area contributed by atoms with Crippen LogP contribution in [0.4, 0.5) is 0 Å². The summed E-state index contributed by atoms with van der Waals surface area (Å²) >= 11 is 0. The van der Waals surface area contributed by atoms with Gasteiger partial charge in [-0.2, -0.15) is 5.26 Å². The summed E-state index contributed by atoms with van der Waals surface area (Å²) < 4.78 is 0. The van der Waals surface area contributed by atoms with E-state index in [1.54, 1.807) is 0 Å². The van der Waals surface area contributed by atoms with Crippen LogP contribution in [0.2, 0.25) is 0 Å². The minimum atomic E-state index is -0.104. The molecule has 0 aliphatic heterocycles. The molecule has 120 valence electrons. The molecule has 3 saturated carbocycles. The highest BCUT2D eigenvalue weighted by Crippen LogP contribution is 2.62. The van der Waals surface area contributed by atoms with E-state index in [1.807, 2.05) is 0 Å². The van der Waals surface area contributed by atoms with Gasteiger partial charge in [0, 0.05) is 0 Å². The highest BCUT2D eigenvalue weighted by Gasteiger charge is 2.56. The summed E-state index contributed by atoms with van der Waals surface area (Å²) in [5, 5.41) is 9.81. The van der Waals surface area contributed by atoms with E-state index in [4.69, 9.17) is 0 Å². The average Bonchev–Trinajstić information content (AvgIpc) is 2.45. The van der Waals surface area contributed by atoms with Crippen LogP contribution >= 0.6 is 0 Å². The van der Waals surface area contributed by atoms with Crippen LogP contribution in [0.15, 0.2) is 23.8 Å². The first kappa shape index (κ1) is 15.9. The molecule has 1 nitrogen and oxygen atoms in total. The Hall–Kier alpha value is -1.03. The van der Waals surface area contributed by atoms with E-state index in [-0.39, 0.29) is 5.41 Å². The topological polar surface area (TPSA) is 23.8 Å². The summed E-state index contributed by atoms with van der Waals surface area (Å²) in [4.78, 5) is 0. The second kappa shape index (κ2) is 5.55. The van der Waals surface area contributed by atoms with Crippen LogP contribution in [0.5, 0.6) is 0 Å². The largest absolute Gasteiger partial charge is 0.198 e. The van der Waals surface area contributed by atoms with E-state index in [0.717, 1.165) is 24.7 Å². The molecule has 0 aromatic heterocycles. The minimum absolute atomic E-state index is 0.104. The molecule has 0 aromatic carbocycles. The summed E-state index contributed by atoms with van der Waals surface area (Å²) in [6, 6.07) is 2.71. The molecule has 22 heavy (non-hydrogen) atoms. The lowest BCUT2D eigenvalue weighted by Crippen LogP contribution is -2.53. The molecule has 7 atom stereocenters. The quantitative estimate of drug-likeness (QED) is 0.565. The summed E-state index contributed by atoms with van der Waals surface area (Å²) in [7, 11) is 0. The molecule has 3 rings (SSSR count). The van der Waals surface area contributed by atoms with E-state index in [1.165, 1.54) is 30.4 Å². The fourth-order valence-electron chi connectivity index (χ4n) is 6.12. The monoisotopic (exact) mass is 297 g/mol. The summed E-state index contributed by atoms with van der Waals surface area (Å²) in [5.41, 5.74) is 2.81. The van der Waals surface area contributed by atoms with Crippen molar-refractivity contribution in [1.29, 1.82) is 5.26 Å². The van der Waals surface area contributed by atoms with Crippen LogP contribution in [-0.2, 0) is 0 Å². The van der Waals surface area contributed by atoms with Crippen molar-refractivity contribution >= 4 is 0 Å². The number of hydrogen-bond acceptors (Lipinski definition) is 1. The van der Waals surface area contributed by atoms with Gasteiger partial charge in [0.1, 0.15) is 0 Å². The van der Waals surface area contributed by atoms with Crippen molar-refractivity contribution in [3.8, 4) is 6.07 Å². The third-order valence-electron chi connectivity index (χ3n) is 7.08. The molecule has 0 spiro atoms. The molecule has 0 radical (unpaired) electrons. The number of nitrogens with zero attached hydrogens (tertiary/aromatic N) is 1. The predicted octanol–water partition coefficient (Wildman–Crippen LogP) is 5.75. The minimum Gasteiger partial charge on any atom is -0.198 e. The molecule has 0 saturated heterocycles. The second-order valence-electron chi connectivity index (χ2n) is 8.76. The lowest BCUT2D eigenvalue weighted by atomic mass is 9.45. The van der Waals surface area contributed by atoms with Crippen LogP contribution in [0.1, 0.15) is 59.8 Å². The van der Waals surface area contributed by atoms with Gasteiger partial charge < -0.3 is 0 Å². The Morgan fingerprint density at radius 1 is 1.36 bits per heavy atom. The first-order chi connectivity index (χ1) is 10.4. The number of allylic oxidation sites excluding steroid dienone is 3. The normalized spacial score (nSPS) is 47.3. The molecule has 1 heteroatoms. The molecule has 3 aliphatic rings. The molecule has 0 aromatic rings. The van der Waals surface area contributed by atoms with Gasteiger partial charge >= 0.3 is 0 Å². The summed E-state index contributed by atoms with van der Waals surface area (Å²) in [6.45, 7) is 13.6. The van der Waals surface area contributed by atoms with Gasteiger partial charge in [-0.3, -0.25) is 0 Å². The van der Waals surface area contributed by atoms with Crippen molar-refractivity contribution in [2.45, 2.75) is 59.8 Å². The Labute approximate surface area is 136 Å². The SMILES string of the molecule is C=C1CC[C@@H]2[C@H]3[C@H](CC[C@]2(C)C#N)[C@@H](C)C[C@@H](C=C(C)C)[C@H]13. The summed E-state index contributed by atoms with van der Waals surface area (Å²) in [5.74, 6) is 4.17. The molecule has 3 aliphatic carbocycles. The van der Waals surface area contributed by atoms with Crippen molar-refractivity contribution < 1.29 is 0 Å². The number of rotatable bonds is 1. The Kier molecular flexibility index (Phi) is 4.00. The highest BCUT2D eigenvalue weighted by molar-refractivity contribution is 5.22. The van der Waals surface area contributed by atoms with Gasteiger partial charge in [-0.15, -0.1) is 0 Å². The van der Waals surface area contributed by atoms with Crippen LogP contribution < -0.4 is 0 Å². The van der Waals surface area contributed by atoms with Crippen LogP contribution in [0, 0.1) is 52.3 Å². The first-order valence-corrected chi connectivity index (χ1v) is 9.11. The standard InChI is InChI=1S/C21H31N/c1-13(2)10-16-11-15(4)17-8-9-21(5,12-22)18-7-6-14(3)19(16)20(17)18/h10,15-20H,3,6-9,11H2,1-2,4-5H3/t15-,16+,17+,18+,19-,20+,21+/m0/s1. The van der Waals surface area contributed by atoms with Gasteiger partial charge in [-0.1, -0.05) is 30.7 Å². The molecule has 0 bridgehead atoms. The van der Waals surface area contributed by atoms with E-state index in [9.17, 15) is 5.26 Å². The first-order valence-electron chi connectivity index (χ1n) is 9.11. The van der Waals surface area contributed by atoms with E-state index >= 15 is 0 Å². The third kappa shape index (κ3) is 2.36. The van der Waals surface area contributed by atoms with Crippen molar-refractivity contribution in [2.24, 2.45) is 40.9 Å². The smallest absolute Gasteiger partial charge is 0.0689 e. The van der Waals surface area contributed by atoms with Crippen LogP contribution in [-0.4, -0.2) is 0 Å². The zero-order valence-electron chi connectivity index (χ0n) is 14.7. The number of nitriles is 1. The van der Waals surface area contributed by atoms with Gasteiger partial charge in [0.2, 0.25) is 0 Å². The van der Waals surface area contributed by atoms with Crippen LogP contribution in [0.25, 0.3) is 0 Å². The maximum Gasteiger partial charge on any atom is 0.0689 e. The maximum absolute atomic E-state index is 9.81. The Morgan fingerprint density at radius 3 is 2.73 bits per heavy atom. The van der Waals surface area contributed by atoms with Gasteiger partial charge in [-0.25, -0.2) is 0 Å². The molecule has 0 amide bonds. The molecule has 0 N–H and O–H groups in total. The van der Waals surface area contributed by atoms with Gasteiger partial charge in [0.15, 0.2) is 0 Å². The Morgan fingerprint density at radius 2 is 2.09 bits per heavy atom. The van der Waals surface area contributed by atoms with Crippen molar-refractivity contribution in [2.75, 3.05) is 0 Å². The third-order valence-corrected chi connectivity index (χ3v) is 7.08. The molecular formula is C21H31N. The Balaban J connectivity index is 2.02. The molecule has 0 heterocycles. The second-order valence-corrected chi connectivity index (χ2v) is 8.76. The zero-order chi connectivity index (χ0) is 16.1. The lowest BCUT2D eigenvalue weighted by molar-refractivity contribution is -0.0609. The molecule has 0 unspecified atom stereocenters. The van der Waals surface area contributed by atoms with Crippen molar-refractivity contribution in [3.63, 3.8) is 0 Å². The van der Waals surface area contributed by atoms with Crippen molar-refractivity contribution in [1.82, 2.24) is 0 Å². The van der Waals surface area contributed by atoms with E-state index in [0.29, 0.717) is 23.7 Å². The van der Waals surface area contributed by atoms with Crippen molar-refractivity contribution in [3.05, 3.63) is 23.8 Å². The van der Waals surface area contributed by atoms with Gasteiger partial charge in [0.25, 0.3) is 0 Å². The maximum atomic E-state index is 9.81. The van der Waals surface area contributed by atoms with E-state index < -0.39 is 0 Å².